The lowest BCUT2D eigenvalue weighted by Gasteiger charge is -2.12. The molecule has 1 aromatic rings. The van der Waals surface area contributed by atoms with E-state index in [2.05, 4.69) is 37.8 Å². The molecule has 0 amide bonds. The summed E-state index contributed by atoms with van der Waals surface area (Å²) in [6, 6.07) is 8.68. The summed E-state index contributed by atoms with van der Waals surface area (Å²) in [7, 11) is 0. The zero-order valence-corrected chi connectivity index (χ0v) is 8.87. The number of rotatable bonds is 5. The zero-order valence-electron chi connectivity index (χ0n) is 8.87. The summed E-state index contributed by atoms with van der Waals surface area (Å²) >= 11 is 0. The van der Waals surface area contributed by atoms with Crippen molar-refractivity contribution in [2.24, 2.45) is 5.73 Å². The van der Waals surface area contributed by atoms with Gasteiger partial charge in [0.05, 0.1) is 0 Å². The minimum absolute atomic E-state index is 0.258. The molecule has 0 radical (unpaired) electrons. The molecule has 0 aromatic heterocycles. The third-order valence-corrected chi connectivity index (χ3v) is 2.48. The number of allylic oxidation sites excluding steroid dienone is 1. The summed E-state index contributed by atoms with van der Waals surface area (Å²) in [5, 5.41) is 0. The first-order valence-corrected chi connectivity index (χ1v) is 5.15. The molecule has 1 atom stereocenters. The second-order valence-corrected chi connectivity index (χ2v) is 3.76. The van der Waals surface area contributed by atoms with E-state index in [-0.39, 0.29) is 6.04 Å². The second kappa shape index (κ2) is 5.61. The average molecular weight is 189 g/mol. The topological polar surface area (TPSA) is 26.0 Å². The second-order valence-electron chi connectivity index (χ2n) is 3.76. The van der Waals surface area contributed by atoms with Gasteiger partial charge in [0.15, 0.2) is 0 Å². The molecule has 0 aliphatic carbocycles. The zero-order chi connectivity index (χ0) is 10.4. The molecule has 14 heavy (non-hydrogen) atoms. The Morgan fingerprint density at radius 2 is 2.14 bits per heavy atom. The molecule has 1 heteroatoms. The summed E-state index contributed by atoms with van der Waals surface area (Å²) in [5.41, 5.74) is 8.71. The molecular weight excluding hydrogens is 170 g/mol. The lowest BCUT2D eigenvalue weighted by Crippen LogP contribution is -2.22. The molecule has 0 bridgehead atoms. The molecule has 1 rings (SSSR count). The van der Waals surface area contributed by atoms with Crippen molar-refractivity contribution in [1.82, 2.24) is 0 Å². The minimum atomic E-state index is 0.258. The van der Waals surface area contributed by atoms with E-state index < -0.39 is 0 Å². The predicted molar refractivity (Wildman–Crippen MR) is 62.3 cm³/mol. The van der Waals surface area contributed by atoms with E-state index in [1.165, 1.54) is 11.1 Å². The van der Waals surface area contributed by atoms with Gasteiger partial charge in [0, 0.05) is 6.04 Å². The van der Waals surface area contributed by atoms with Crippen molar-refractivity contribution in [3.05, 3.63) is 48.0 Å². The highest BCUT2D eigenvalue weighted by atomic mass is 14.6. The largest absolute Gasteiger partial charge is 0.327 e. The van der Waals surface area contributed by atoms with Gasteiger partial charge in [-0.2, -0.15) is 0 Å². The molecule has 1 unspecified atom stereocenters. The summed E-state index contributed by atoms with van der Waals surface area (Å²) in [5.74, 6) is 0. The van der Waals surface area contributed by atoms with Crippen LogP contribution in [0.5, 0.6) is 0 Å². The van der Waals surface area contributed by atoms with Crippen LogP contribution < -0.4 is 5.73 Å². The minimum Gasteiger partial charge on any atom is -0.327 e. The van der Waals surface area contributed by atoms with Crippen LogP contribution in [0.25, 0.3) is 0 Å². The fourth-order valence-electron chi connectivity index (χ4n) is 1.56. The van der Waals surface area contributed by atoms with Crippen LogP contribution in [0, 0.1) is 6.92 Å². The average Bonchev–Trinajstić information content (AvgIpc) is 2.18. The van der Waals surface area contributed by atoms with Gasteiger partial charge in [0.1, 0.15) is 0 Å². The van der Waals surface area contributed by atoms with E-state index in [1.807, 2.05) is 6.08 Å². The molecule has 0 spiro atoms. The van der Waals surface area contributed by atoms with Crippen molar-refractivity contribution >= 4 is 0 Å². The van der Waals surface area contributed by atoms with Gasteiger partial charge in [0.2, 0.25) is 0 Å². The highest BCUT2D eigenvalue weighted by Crippen LogP contribution is 2.11. The van der Waals surface area contributed by atoms with E-state index in [4.69, 9.17) is 5.73 Å². The van der Waals surface area contributed by atoms with E-state index in [1.54, 1.807) is 0 Å². The molecular formula is C13H19N. The summed E-state index contributed by atoms with van der Waals surface area (Å²) in [6.07, 6.45) is 4.93. The maximum Gasteiger partial charge on any atom is 0.00823 e. The normalized spacial score (nSPS) is 12.4. The van der Waals surface area contributed by atoms with Gasteiger partial charge < -0.3 is 5.73 Å². The Morgan fingerprint density at radius 3 is 2.79 bits per heavy atom. The molecule has 2 N–H and O–H groups in total. The quantitative estimate of drug-likeness (QED) is 0.708. The van der Waals surface area contributed by atoms with Crippen molar-refractivity contribution in [3.63, 3.8) is 0 Å². The van der Waals surface area contributed by atoms with Crippen LogP contribution in [0.1, 0.15) is 24.0 Å². The summed E-state index contributed by atoms with van der Waals surface area (Å²) in [4.78, 5) is 0. The molecule has 76 valence electrons. The number of aryl methyl sites for hydroxylation is 1. The molecule has 0 fully saturated rings. The van der Waals surface area contributed by atoms with Crippen LogP contribution >= 0.6 is 0 Å². The number of hydrogen-bond donors (Lipinski definition) is 1. The van der Waals surface area contributed by atoms with Crippen molar-refractivity contribution in [2.45, 2.75) is 32.2 Å². The van der Waals surface area contributed by atoms with Gasteiger partial charge in [-0.3, -0.25) is 0 Å². The number of nitrogens with two attached hydrogens (primary N) is 1. The molecule has 0 heterocycles. The van der Waals surface area contributed by atoms with Gasteiger partial charge in [0.25, 0.3) is 0 Å². The lowest BCUT2D eigenvalue weighted by molar-refractivity contribution is 0.616. The van der Waals surface area contributed by atoms with E-state index in [0.29, 0.717) is 0 Å². The highest BCUT2D eigenvalue weighted by molar-refractivity contribution is 5.26. The van der Waals surface area contributed by atoms with Crippen LogP contribution in [0.2, 0.25) is 0 Å². The first-order valence-electron chi connectivity index (χ1n) is 5.15. The predicted octanol–water partition coefficient (Wildman–Crippen LogP) is 2.83. The molecule has 1 aromatic carbocycles. The van der Waals surface area contributed by atoms with Gasteiger partial charge in [-0.05, 0) is 37.3 Å². The Bertz CT molecular complexity index is 291. The van der Waals surface area contributed by atoms with E-state index in [9.17, 15) is 0 Å². The fraction of sp³-hybridized carbons (Fsp3) is 0.385. The molecule has 0 saturated carbocycles. The fourth-order valence-corrected chi connectivity index (χ4v) is 1.56. The lowest BCUT2D eigenvalue weighted by atomic mass is 9.99. The first kappa shape index (κ1) is 11.0. The van der Waals surface area contributed by atoms with Gasteiger partial charge in [-0.25, -0.2) is 0 Å². The first-order chi connectivity index (χ1) is 6.74. The Balaban J connectivity index is 2.51. The standard InChI is InChI=1S/C13H19N/c1-3-4-9-13(14)10-12-8-6-5-7-11(12)2/h3,5-8,13H,1,4,9-10,14H2,2H3. The highest BCUT2D eigenvalue weighted by Gasteiger charge is 2.04. The monoisotopic (exact) mass is 189 g/mol. The van der Waals surface area contributed by atoms with Gasteiger partial charge in [-0.1, -0.05) is 30.3 Å². The third kappa shape index (κ3) is 3.35. The molecule has 0 aliphatic rings. The van der Waals surface area contributed by atoms with E-state index in [0.717, 1.165) is 19.3 Å². The smallest absolute Gasteiger partial charge is 0.00823 e. The van der Waals surface area contributed by atoms with Crippen LogP contribution in [0.15, 0.2) is 36.9 Å². The summed E-state index contributed by atoms with van der Waals surface area (Å²) < 4.78 is 0. The number of benzene rings is 1. The maximum absolute atomic E-state index is 6.01. The Morgan fingerprint density at radius 1 is 1.43 bits per heavy atom. The van der Waals surface area contributed by atoms with Crippen molar-refractivity contribution in [1.29, 1.82) is 0 Å². The Hall–Kier alpha value is -1.08. The number of hydrogen-bond acceptors (Lipinski definition) is 1. The van der Waals surface area contributed by atoms with Gasteiger partial charge >= 0.3 is 0 Å². The van der Waals surface area contributed by atoms with Crippen molar-refractivity contribution in [3.8, 4) is 0 Å². The Labute approximate surface area is 86.6 Å². The Kier molecular flexibility index (Phi) is 4.41. The van der Waals surface area contributed by atoms with E-state index >= 15 is 0 Å². The summed E-state index contributed by atoms with van der Waals surface area (Å²) in [6.45, 7) is 5.84. The third-order valence-electron chi connectivity index (χ3n) is 2.48. The van der Waals surface area contributed by atoms with Crippen LogP contribution in [-0.2, 0) is 6.42 Å². The van der Waals surface area contributed by atoms with Crippen LogP contribution in [-0.4, -0.2) is 6.04 Å². The molecule has 0 saturated heterocycles. The van der Waals surface area contributed by atoms with Gasteiger partial charge in [-0.15, -0.1) is 6.58 Å². The van der Waals surface area contributed by atoms with Crippen LogP contribution in [0.3, 0.4) is 0 Å². The van der Waals surface area contributed by atoms with Crippen molar-refractivity contribution in [2.75, 3.05) is 0 Å². The molecule has 0 aliphatic heterocycles. The maximum atomic E-state index is 6.01. The van der Waals surface area contributed by atoms with Crippen molar-refractivity contribution < 1.29 is 0 Å². The SMILES string of the molecule is C=CCCC(N)Cc1ccccc1C. The van der Waals surface area contributed by atoms with Crippen LogP contribution in [0.4, 0.5) is 0 Å². The molecule has 1 nitrogen and oxygen atoms in total.